The summed E-state index contributed by atoms with van der Waals surface area (Å²) in [6.45, 7) is 2.98. The van der Waals surface area contributed by atoms with Crippen LogP contribution >= 0.6 is 24.0 Å². The Hall–Kier alpha value is -1.35. The predicted octanol–water partition coefficient (Wildman–Crippen LogP) is 3.30. The Morgan fingerprint density at radius 2 is 1.83 bits per heavy atom. The molecule has 1 heterocycles. The SMILES string of the molecule is CN=C(NCc1ccc(COC)cc1)NC1CCN(C(=O)C2CCCCC2)C1.I. The molecule has 0 bridgehead atoms. The number of carbonyl (C=O) groups excluding carboxylic acids is 1. The van der Waals surface area contributed by atoms with Crippen LogP contribution in [0.15, 0.2) is 29.3 Å². The number of guanidine groups is 1. The summed E-state index contributed by atoms with van der Waals surface area (Å²) >= 11 is 0. The molecule has 162 valence electrons. The van der Waals surface area contributed by atoms with Gasteiger partial charge in [0, 0.05) is 45.8 Å². The Morgan fingerprint density at radius 3 is 2.48 bits per heavy atom. The summed E-state index contributed by atoms with van der Waals surface area (Å²) in [5.74, 6) is 1.41. The summed E-state index contributed by atoms with van der Waals surface area (Å²) in [5.41, 5.74) is 2.37. The number of methoxy groups -OCH3 is 1. The minimum Gasteiger partial charge on any atom is -0.380 e. The van der Waals surface area contributed by atoms with Crippen LogP contribution < -0.4 is 10.6 Å². The summed E-state index contributed by atoms with van der Waals surface area (Å²) < 4.78 is 5.15. The molecule has 6 nitrogen and oxygen atoms in total. The quantitative estimate of drug-likeness (QED) is 0.348. The molecule has 0 aromatic heterocycles. The van der Waals surface area contributed by atoms with Gasteiger partial charge in [-0.25, -0.2) is 0 Å². The van der Waals surface area contributed by atoms with E-state index in [-0.39, 0.29) is 35.9 Å². The Morgan fingerprint density at radius 1 is 1.14 bits per heavy atom. The first-order valence-electron chi connectivity index (χ1n) is 10.5. The first-order valence-corrected chi connectivity index (χ1v) is 10.5. The maximum Gasteiger partial charge on any atom is 0.225 e. The fraction of sp³-hybridized carbons (Fsp3) is 0.636. The third kappa shape index (κ3) is 7.13. The van der Waals surface area contributed by atoms with E-state index in [2.05, 4.69) is 44.8 Å². The van der Waals surface area contributed by atoms with Crippen molar-refractivity contribution in [2.45, 2.75) is 57.7 Å². The normalized spacial score (nSPS) is 20.3. The van der Waals surface area contributed by atoms with Gasteiger partial charge in [-0.05, 0) is 30.4 Å². The number of nitrogens with one attached hydrogen (secondary N) is 2. The number of hydrogen-bond donors (Lipinski definition) is 2. The third-order valence-electron chi connectivity index (χ3n) is 5.81. The van der Waals surface area contributed by atoms with Crippen LogP contribution in [0.4, 0.5) is 0 Å². The minimum absolute atomic E-state index is 0. The molecule has 29 heavy (non-hydrogen) atoms. The van der Waals surface area contributed by atoms with Crippen molar-refractivity contribution in [2.24, 2.45) is 10.9 Å². The third-order valence-corrected chi connectivity index (χ3v) is 5.81. The summed E-state index contributed by atoms with van der Waals surface area (Å²) in [6, 6.07) is 8.65. The van der Waals surface area contributed by atoms with Gasteiger partial charge in [0.25, 0.3) is 0 Å². The van der Waals surface area contributed by atoms with E-state index in [0.717, 1.165) is 38.3 Å². The van der Waals surface area contributed by atoms with Crippen molar-refractivity contribution in [1.82, 2.24) is 15.5 Å². The second-order valence-corrected chi connectivity index (χ2v) is 7.92. The van der Waals surface area contributed by atoms with Crippen molar-refractivity contribution < 1.29 is 9.53 Å². The van der Waals surface area contributed by atoms with Crippen LogP contribution in [0.25, 0.3) is 0 Å². The number of aliphatic imine (C=N–C) groups is 1. The highest BCUT2D eigenvalue weighted by atomic mass is 127. The molecule has 1 aliphatic carbocycles. The number of nitrogens with zero attached hydrogens (tertiary/aromatic N) is 2. The van der Waals surface area contributed by atoms with Gasteiger partial charge in [0.2, 0.25) is 5.91 Å². The standard InChI is InChI=1S/C22H34N4O2.HI/c1-23-22(24-14-17-8-10-18(11-9-17)16-28-2)25-20-12-13-26(15-20)21(27)19-6-4-3-5-7-19;/h8-11,19-20H,3-7,12-16H2,1-2H3,(H2,23,24,25);1H. The van der Waals surface area contributed by atoms with Crippen LogP contribution in [0.2, 0.25) is 0 Å². The molecule has 1 saturated carbocycles. The van der Waals surface area contributed by atoms with Crippen LogP contribution in [0.5, 0.6) is 0 Å². The molecule has 1 amide bonds. The van der Waals surface area contributed by atoms with Gasteiger partial charge in [0.05, 0.1) is 6.61 Å². The lowest BCUT2D eigenvalue weighted by molar-refractivity contribution is -0.135. The van der Waals surface area contributed by atoms with Gasteiger partial charge in [0.1, 0.15) is 0 Å². The van der Waals surface area contributed by atoms with E-state index in [1.807, 2.05) is 0 Å². The van der Waals surface area contributed by atoms with Gasteiger partial charge >= 0.3 is 0 Å². The van der Waals surface area contributed by atoms with Gasteiger partial charge < -0.3 is 20.3 Å². The molecule has 2 aliphatic rings. The summed E-state index contributed by atoms with van der Waals surface area (Å²) in [5, 5.41) is 6.86. The van der Waals surface area contributed by atoms with E-state index in [9.17, 15) is 4.79 Å². The van der Waals surface area contributed by atoms with Gasteiger partial charge in [0.15, 0.2) is 5.96 Å². The van der Waals surface area contributed by atoms with Crippen LogP contribution in [-0.4, -0.2) is 50.1 Å². The lowest BCUT2D eigenvalue weighted by Gasteiger charge is -2.26. The molecule has 7 heteroatoms. The van der Waals surface area contributed by atoms with Gasteiger partial charge in [-0.3, -0.25) is 9.79 Å². The Labute approximate surface area is 191 Å². The van der Waals surface area contributed by atoms with Crippen LogP contribution in [-0.2, 0) is 22.7 Å². The molecule has 1 aromatic carbocycles. The van der Waals surface area contributed by atoms with E-state index in [1.54, 1.807) is 14.2 Å². The van der Waals surface area contributed by atoms with Gasteiger partial charge in [-0.2, -0.15) is 0 Å². The molecule has 1 atom stereocenters. The molecular weight excluding hydrogens is 479 g/mol. The van der Waals surface area contributed by atoms with Crippen molar-refractivity contribution in [2.75, 3.05) is 27.2 Å². The highest BCUT2D eigenvalue weighted by Crippen LogP contribution is 2.26. The first-order chi connectivity index (χ1) is 13.7. The van der Waals surface area contributed by atoms with Gasteiger partial charge in [-0.1, -0.05) is 43.5 Å². The molecular formula is C22H35IN4O2. The molecule has 2 N–H and O–H groups in total. The summed E-state index contributed by atoms with van der Waals surface area (Å²) in [4.78, 5) is 19.1. The largest absolute Gasteiger partial charge is 0.380 e. The second kappa shape index (κ2) is 12.4. The van der Waals surface area contributed by atoms with E-state index in [1.165, 1.54) is 30.4 Å². The van der Waals surface area contributed by atoms with E-state index >= 15 is 0 Å². The number of halogens is 1. The van der Waals surface area contributed by atoms with Crippen LogP contribution in [0.1, 0.15) is 49.7 Å². The molecule has 0 radical (unpaired) electrons. The van der Waals surface area contributed by atoms with Crippen molar-refractivity contribution >= 4 is 35.8 Å². The van der Waals surface area contributed by atoms with Crippen molar-refractivity contribution in [3.05, 3.63) is 35.4 Å². The van der Waals surface area contributed by atoms with E-state index in [4.69, 9.17) is 4.74 Å². The molecule has 2 fully saturated rings. The van der Waals surface area contributed by atoms with Gasteiger partial charge in [-0.15, -0.1) is 24.0 Å². The van der Waals surface area contributed by atoms with E-state index in [0.29, 0.717) is 19.1 Å². The fourth-order valence-corrected chi connectivity index (χ4v) is 4.18. The van der Waals surface area contributed by atoms with Crippen molar-refractivity contribution in [1.29, 1.82) is 0 Å². The van der Waals surface area contributed by atoms with Crippen molar-refractivity contribution in [3.8, 4) is 0 Å². The van der Waals surface area contributed by atoms with Crippen molar-refractivity contribution in [3.63, 3.8) is 0 Å². The molecule has 1 aromatic rings. The smallest absolute Gasteiger partial charge is 0.225 e. The van der Waals surface area contributed by atoms with Crippen LogP contribution in [0.3, 0.4) is 0 Å². The number of benzene rings is 1. The highest BCUT2D eigenvalue weighted by molar-refractivity contribution is 14.0. The first kappa shape index (κ1) is 23.9. The number of rotatable bonds is 6. The predicted molar refractivity (Wildman–Crippen MR) is 127 cm³/mol. The second-order valence-electron chi connectivity index (χ2n) is 7.92. The minimum atomic E-state index is 0. The Balaban J connectivity index is 0.00000300. The molecule has 3 rings (SSSR count). The topological polar surface area (TPSA) is 66.0 Å². The monoisotopic (exact) mass is 514 g/mol. The highest BCUT2D eigenvalue weighted by Gasteiger charge is 2.31. The Bertz CT molecular complexity index is 659. The number of ether oxygens (including phenoxy) is 1. The summed E-state index contributed by atoms with van der Waals surface area (Å²) in [6.07, 6.45) is 6.81. The van der Waals surface area contributed by atoms with Crippen LogP contribution in [0, 0.1) is 5.92 Å². The maximum atomic E-state index is 12.7. The zero-order valence-corrected chi connectivity index (χ0v) is 20.0. The zero-order chi connectivity index (χ0) is 19.8. The molecule has 1 unspecified atom stereocenters. The fourth-order valence-electron chi connectivity index (χ4n) is 4.18. The number of likely N-dealkylation sites (tertiary alicyclic amines) is 1. The Kier molecular flexibility index (Phi) is 10.2. The molecule has 1 aliphatic heterocycles. The number of hydrogen-bond acceptors (Lipinski definition) is 3. The molecule has 1 saturated heterocycles. The average molecular weight is 514 g/mol. The lowest BCUT2D eigenvalue weighted by atomic mass is 9.88. The zero-order valence-electron chi connectivity index (χ0n) is 17.7. The molecule has 0 spiro atoms. The number of carbonyl (C=O) groups is 1. The lowest BCUT2D eigenvalue weighted by Crippen LogP contribution is -2.45. The maximum absolute atomic E-state index is 12.7. The summed E-state index contributed by atoms with van der Waals surface area (Å²) in [7, 11) is 3.49. The average Bonchev–Trinajstić information content (AvgIpc) is 3.21. The van der Waals surface area contributed by atoms with E-state index < -0.39 is 0 Å². The number of amides is 1.